The van der Waals surface area contributed by atoms with Crippen molar-refractivity contribution in [1.29, 1.82) is 0 Å². The normalized spacial score (nSPS) is 17.0. The summed E-state index contributed by atoms with van der Waals surface area (Å²) in [5, 5.41) is 0.866. The number of fused-ring (bicyclic) bond motifs is 1. The van der Waals surface area contributed by atoms with E-state index in [1.54, 1.807) is 0 Å². The topological polar surface area (TPSA) is 52.9 Å². The van der Waals surface area contributed by atoms with Gasteiger partial charge in [-0.25, -0.2) is 9.37 Å². The molecule has 0 amide bonds. The van der Waals surface area contributed by atoms with Gasteiger partial charge in [0.15, 0.2) is 11.0 Å². The van der Waals surface area contributed by atoms with Gasteiger partial charge in [0.2, 0.25) is 0 Å². The van der Waals surface area contributed by atoms with Crippen molar-refractivity contribution in [3.63, 3.8) is 0 Å². The van der Waals surface area contributed by atoms with Gasteiger partial charge >= 0.3 is 0 Å². The van der Waals surface area contributed by atoms with Gasteiger partial charge in [-0.3, -0.25) is 0 Å². The standard InChI is InChI=1S/C16H21ClFN3OS/c1-16(2,3)9-21-8-10(7-19-23(22)11-4-5-11)12-6-13(18)14(17)20-15(12)21/h6,8,11,19H,4-5,7,9H2,1-3H3. The molecule has 4 nitrogen and oxygen atoms in total. The highest BCUT2D eigenvalue weighted by Gasteiger charge is 2.34. The van der Waals surface area contributed by atoms with Crippen LogP contribution in [0.1, 0.15) is 39.2 Å². The molecule has 0 spiro atoms. The van der Waals surface area contributed by atoms with Gasteiger partial charge in [-0.1, -0.05) is 32.4 Å². The van der Waals surface area contributed by atoms with Crippen LogP contribution in [0.2, 0.25) is 5.15 Å². The third-order valence-electron chi connectivity index (χ3n) is 3.72. The molecule has 0 bridgehead atoms. The average Bonchev–Trinajstić information content (AvgIpc) is 3.23. The van der Waals surface area contributed by atoms with Crippen molar-refractivity contribution < 1.29 is 8.94 Å². The zero-order valence-electron chi connectivity index (χ0n) is 13.5. The van der Waals surface area contributed by atoms with Gasteiger partial charge in [0.05, 0.1) is 6.54 Å². The highest BCUT2D eigenvalue weighted by atomic mass is 35.5. The van der Waals surface area contributed by atoms with Gasteiger partial charge in [-0.05, 0) is 17.0 Å². The Morgan fingerprint density at radius 2 is 2.17 bits per heavy atom. The van der Waals surface area contributed by atoms with E-state index in [0.717, 1.165) is 30.3 Å². The molecule has 0 aromatic carbocycles. The SMILES string of the molecule is CC(C)(C)Cn1cc(CN[S+]([O-])C2CC2)c2cc(F)c(Cl)nc21. The molecule has 2 aromatic rings. The largest absolute Gasteiger partial charge is 0.598 e. The number of rotatable bonds is 5. The molecule has 0 aliphatic heterocycles. The van der Waals surface area contributed by atoms with E-state index in [2.05, 4.69) is 30.5 Å². The minimum Gasteiger partial charge on any atom is -0.598 e. The lowest BCUT2D eigenvalue weighted by Gasteiger charge is -2.19. The summed E-state index contributed by atoms with van der Waals surface area (Å²) in [5.74, 6) is -0.530. The molecule has 3 rings (SSSR count). The Labute approximate surface area is 143 Å². The number of hydrogen-bond acceptors (Lipinski definition) is 3. The van der Waals surface area contributed by atoms with Crippen LogP contribution < -0.4 is 4.72 Å². The summed E-state index contributed by atoms with van der Waals surface area (Å²) in [5.41, 5.74) is 1.61. The van der Waals surface area contributed by atoms with Crippen LogP contribution in [0, 0.1) is 11.2 Å². The Morgan fingerprint density at radius 3 is 2.78 bits per heavy atom. The lowest BCUT2D eigenvalue weighted by Crippen LogP contribution is -2.26. The van der Waals surface area contributed by atoms with Crippen LogP contribution >= 0.6 is 11.6 Å². The number of aromatic nitrogens is 2. The first kappa shape index (κ1) is 17.0. The van der Waals surface area contributed by atoms with E-state index in [4.69, 9.17) is 11.6 Å². The Kier molecular flexibility index (Phi) is 4.62. The number of nitrogens with one attached hydrogen (secondary N) is 1. The third kappa shape index (κ3) is 3.99. The number of nitrogens with zero attached hydrogens (tertiary/aromatic N) is 2. The summed E-state index contributed by atoms with van der Waals surface area (Å²) in [6.45, 7) is 7.56. The summed E-state index contributed by atoms with van der Waals surface area (Å²) in [4.78, 5) is 4.20. The van der Waals surface area contributed by atoms with Crippen LogP contribution in [0.15, 0.2) is 12.3 Å². The zero-order chi connectivity index (χ0) is 16.8. The van der Waals surface area contributed by atoms with E-state index >= 15 is 0 Å². The Morgan fingerprint density at radius 1 is 1.48 bits per heavy atom. The molecule has 7 heteroatoms. The first-order valence-corrected chi connectivity index (χ1v) is 9.31. The molecular weight excluding hydrogens is 337 g/mol. The van der Waals surface area contributed by atoms with Crippen molar-refractivity contribution >= 4 is 34.0 Å². The highest BCUT2D eigenvalue weighted by molar-refractivity contribution is 7.90. The first-order chi connectivity index (χ1) is 10.7. The Hall–Kier alpha value is -0.820. The van der Waals surface area contributed by atoms with Crippen LogP contribution in [0.3, 0.4) is 0 Å². The fourth-order valence-corrected chi connectivity index (χ4v) is 3.79. The predicted molar refractivity (Wildman–Crippen MR) is 92.2 cm³/mol. The molecule has 1 aliphatic rings. The monoisotopic (exact) mass is 357 g/mol. The molecule has 1 N–H and O–H groups in total. The summed E-state index contributed by atoms with van der Waals surface area (Å²) in [7, 11) is 0. The van der Waals surface area contributed by atoms with Gasteiger partial charge in [0.25, 0.3) is 0 Å². The number of pyridine rings is 1. The van der Waals surface area contributed by atoms with Crippen molar-refractivity contribution in [2.45, 2.75) is 52.0 Å². The van der Waals surface area contributed by atoms with Crippen molar-refractivity contribution in [2.75, 3.05) is 0 Å². The molecule has 2 aromatic heterocycles. The fourth-order valence-electron chi connectivity index (χ4n) is 2.55. The molecule has 1 saturated carbocycles. The van der Waals surface area contributed by atoms with E-state index in [0.29, 0.717) is 12.2 Å². The van der Waals surface area contributed by atoms with Gasteiger partial charge in [0.1, 0.15) is 10.9 Å². The summed E-state index contributed by atoms with van der Waals surface area (Å²) in [6, 6.07) is 1.42. The molecule has 0 radical (unpaired) electrons. The van der Waals surface area contributed by atoms with Crippen molar-refractivity contribution in [3.8, 4) is 0 Å². The number of hydrogen-bond donors (Lipinski definition) is 1. The van der Waals surface area contributed by atoms with Crippen LogP contribution in [0.5, 0.6) is 0 Å². The second-order valence-electron chi connectivity index (χ2n) is 7.29. The minimum atomic E-state index is -1.02. The second kappa shape index (κ2) is 6.24. The molecule has 1 unspecified atom stereocenters. The molecule has 2 heterocycles. The first-order valence-electron chi connectivity index (χ1n) is 7.72. The quantitative estimate of drug-likeness (QED) is 0.654. The van der Waals surface area contributed by atoms with Crippen molar-refractivity contribution in [3.05, 3.63) is 28.8 Å². The average molecular weight is 358 g/mol. The van der Waals surface area contributed by atoms with Gasteiger partial charge < -0.3 is 9.12 Å². The van der Waals surface area contributed by atoms with Crippen LogP contribution in [0.4, 0.5) is 4.39 Å². The lowest BCUT2D eigenvalue weighted by atomic mass is 9.97. The second-order valence-corrected chi connectivity index (χ2v) is 9.20. The zero-order valence-corrected chi connectivity index (χ0v) is 15.1. The fraction of sp³-hybridized carbons (Fsp3) is 0.562. The maximum Gasteiger partial charge on any atom is 0.167 e. The maximum atomic E-state index is 13.8. The molecule has 1 aliphatic carbocycles. The Balaban J connectivity index is 1.93. The van der Waals surface area contributed by atoms with Crippen molar-refractivity contribution in [1.82, 2.24) is 14.3 Å². The third-order valence-corrected chi connectivity index (χ3v) is 5.49. The molecule has 1 fully saturated rings. The maximum absolute atomic E-state index is 13.8. The molecule has 0 saturated heterocycles. The van der Waals surface area contributed by atoms with Crippen LogP contribution in [-0.4, -0.2) is 19.4 Å². The van der Waals surface area contributed by atoms with E-state index in [9.17, 15) is 8.94 Å². The summed E-state index contributed by atoms with van der Waals surface area (Å²) < 4.78 is 30.8. The summed E-state index contributed by atoms with van der Waals surface area (Å²) in [6.07, 6.45) is 3.98. The highest BCUT2D eigenvalue weighted by Crippen LogP contribution is 2.30. The molecular formula is C16H21ClFN3OS. The Bertz CT molecular complexity index is 724. The van der Waals surface area contributed by atoms with E-state index in [1.807, 2.05) is 10.8 Å². The minimum absolute atomic E-state index is 0.0516. The number of halogens is 2. The van der Waals surface area contributed by atoms with Gasteiger partial charge in [-0.15, -0.1) is 4.72 Å². The molecule has 126 valence electrons. The van der Waals surface area contributed by atoms with Crippen molar-refractivity contribution in [2.24, 2.45) is 5.41 Å². The van der Waals surface area contributed by atoms with Gasteiger partial charge in [0, 0.05) is 42.3 Å². The van der Waals surface area contributed by atoms with E-state index in [1.165, 1.54) is 6.07 Å². The van der Waals surface area contributed by atoms with Crippen LogP contribution in [0.25, 0.3) is 11.0 Å². The smallest absolute Gasteiger partial charge is 0.167 e. The predicted octanol–water partition coefficient (Wildman–Crippen LogP) is 3.79. The summed E-state index contributed by atoms with van der Waals surface area (Å²) >= 11 is 4.83. The van der Waals surface area contributed by atoms with Crippen LogP contribution in [-0.2, 0) is 24.5 Å². The van der Waals surface area contributed by atoms with E-state index < -0.39 is 17.2 Å². The van der Waals surface area contributed by atoms with Gasteiger partial charge in [-0.2, -0.15) is 0 Å². The molecule has 1 atom stereocenters. The molecule has 23 heavy (non-hydrogen) atoms. The lowest BCUT2D eigenvalue weighted by molar-refractivity contribution is 0.348. The van der Waals surface area contributed by atoms with E-state index in [-0.39, 0.29) is 15.8 Å².